The first-order valence-electron chi connectivity index (χ1n) is 16.6. The Hall–Kier alpha value is -4.60. The first kappa shape index (κ1) is 33.8. The highest BCUT2D eigenvalue weighted by Gasteiger charge is 2.27. The molecule has 3 aromatic heterocycles. The average molecular weight is 641 g/mol. The Morgan fingerprint density at radius 3 is 2.40 bits per heavy atom. The lowest BCUT2D eigenvalue weighted by Gasteiger charge is -2.36. The van der Waals surface area contributed by atoms with E-state index in [1.165, 1.54) is 0 Å². The molecule has 0 unspecified atom stereocenters. The molecule has 0 bridgehead atoms. The molecule has 5 rings (SSSR count). The molecule has 2 amide bonds. The van der Waals surface area contributed by atoms with Crippen LogP contribution in [0.4, 0.5) is 10.6 Å². The number of nitrogens with one attached hydrogen (secondary N) is 2. The van der Waals surface area contributed by atoms with Crippen LogP contribution in [0.25, 0.3) is 22.0 Å². The number of benzene rings is 1. The molecule has 1 aromatic carbocycles. The number of hydrogen-bond donors (Lipinski definition) is 2. The smallest absolute Gasteiger partial charge is 0.410 e. The molecule has 1 aliphatic heterocycles. The molecule has 4 heterocycles. The monoisotopic (exact) mass is 640 g/mol. The van der Waals surface area contributed by atoms with Gasteiger partial charge in [0.05, 0.1) is 5.52 Å². The molecule has 47 heavy (non-hydrogen) atoms. The van der Waals surface area contributed by atoms with Gasteiger partial charge in [-0.15, -0.1) is 0 Å². The number of carbonyl (C=O) groups is 2. The van der Waals surface area contributed by atoms with Crippen LogP contribution in [-0.4, -0.2) is 63.2 Å². The number of aromatic amines is 1. The van der Waals surface area contributed by atoms with E-state index in [0.717, 1.165) is 57.5 Å². The summed E-state index contributed by atoms with van der Waals surface area (Å²) in [5, 5.41) is 4.10. The Morgan fingerprint density at radius 1 is 1.06 bits per heavy atom. The van der Waals surface area contributed by atoms with E-state index in [1.807, 2.05) is 65.1 Å². The molecule has 0 radical (unpaired) electrons. The van der Waals surface area contributed by atoms with Crippen molar-refractivity contribution in [1.29, 1.82) is 0 Å². The van der Waals surface area contributed by atoms with Crippen molar-refractivity contribution in [3.63, 3.8) is 0 Å². The number of H-pyrrole nitrogens is 1. The van der Waals surface area contributed by atoms with Crippen molar-refractivity contribution in [2.24, 2.45) is 0 Å². The minimum atomic E-state index is -0.526. The van der Waals surface area contributed by atoms with Crippen LogP contribution in [-0.2, 0) is 17.7 Å². The van der Waals surface area contributed by atoms with E-state index in [1.54, 1.807) is 4.90 Å². The minimum absolute atomic E-state index is 0.152. The van der Waals surface area contributed by atoms with Crippen LogP contribution in [0.15, 0.2) is 47.5 Å². The number of nitrogens with zero attached hydrogens (tertiary/aromatic N) is 4. The SMILES string of the molecule is CCCc1cc(C)[nH]c(=O)c1CNC(=O)c1cc(-c2ccc(N3CCN(C(=O)OC(C)(C)C)CC3)nc2)c2ccn(C(C)C)c2c1C. The number of ether oxygens (including phenoxy) is 1. The Labute approximate surface area is 277 Å². The van der Waals surface area contributed by atoms with Crippen LogP contribution in [0, 0.1) is 13.8 Å². The normalized spacial score (nSPS) is 13.8. The van der Waals surface area contributed by atoms with Gasteiger partial charge in [0.1, 0.15) is 11.4 Å². The molecule has 0 saturated carbocycles. The van der Waals surface area contributed by atoms with Crippen molar-refractivity contribution in [3.05, 3.63) is 81.0 Å². The van der Waals surface area contributed by atoms with E-state index in [4.69, 9.17) is 9.72 Å². The lowest BCUT2D eigenvalue weighted by molar-refractivity contribution is 0.0240. The van der Waals surface area contributed by atoms with Gasteiger partial charge in [0.25, 0.3) is 11.5 Å². The highest BCUT2D eigenvalue weighted by Crippen LogP contribution is 2.35. The summed E-state index contributed by atoms with van der Waals surface area (Å²) in [6.45, 7) is 18.4. The van der Waals surface area contributed by atoms with Gasteiger partial charge in [0.2, 0.25) is 0 Å². The molecular weight excluding hydrogens is 592 g/mol. The number of carbonyl (C=O) groups excluding carboxylic acids is 2. The van der Waals surface area contributed by atoms with Gasteiger partial charge in [0, 0.05) is 78.9 Å². The van der Waals surface area contributed by atoms with Gasteiger partial charge >= 0.3 is 6.09 Å². The molecule has 1 saturated heterocycles. The van der Waals surface area contributed by atoms with Crippen molar-refractivity contribution in [2.75, 3.05) is 31.1 Å². The van der Waals surface area contributed by atoms with E-state index < -0.39 is 5.60 Å². The van der Waals surface area contributed by atoms with Crippen LogP contribution >= 0.6 is 0 Å². The Bertz CT molecular complexity index is 1820. The summed E-state index contributed by atoms with van der Waals surface area (Å²) in [7, 11) is 0. The van der Waals surface area contributed by atoms with Crippen LogP contribution in [0.5, 0.6) is 0 Å². The fourth-order valence-corrected chi connectivity index (χ4v) is 6.34. The topological polar surface area (TPSA) is 113 Å². The third-order valence-electron chi connectivity index (χ3n) is 8.68. The van der Waals surface area contributed by atoms with Gasteiger partial charge < -0.3 is 29.4 Å². The Balaban J connectivity index is 1.42. The van der Waals surface area contributed by atoms with Crippen molar-refractivity contribution in [1.82, 2.24) is 24.8 Å². The summed E-state index contributed by atoms with van der Waals surface area (Å²) in [5.41, 5.74) is 5.98. The van der Waals surface area contributed by atoms with Gasteiger partial charge in [-0.05, 0) is 102 Å². The molecular formula is C37H48N6O4. The third kappa shape index (κ3) is 7.37. The predicted octanol–water partition coefficient (Wildman–Crippen LogP) is 6.53. The molecule has 1 fully saturated rings. The maximum atomic E-state index is 13.8. The second-order valence-corrected chi connectivity index (χ2v) is 13.8. The molecule has 1 aliphatic rings. The number of hydrogen-bond acceptors (Lipinski definition) is 6. The number of rotatable bonds is 8. The molecule has 0 spiro atoms. The fourth-order valence-electron chi connectivity index (χ4n) is 6.34. The van der Waals surface area contributed by atoms with E-state index in [2.05, 4.69) is 52.8 Å². The summed E-state index contributed by atoms with van der Waals surface area (Å²) in [4.78, 5) is 50.8. The van der Waals surface area contributed by atoms with Crippen molar-refractivity contribution in [2.45, 2.75) is 86.4 Å². The number of piperazine rings is 1. The molecule has 0 aliphatic carbocycles. The fraction of sp³-hybridized carbons (Fsp3) is 0.459. The lowest BCUT2D eigenvalue weighted by atomic mass is 9.95. The van der Waals surface area contributed by atoms with Crippen LogP contribution < -0.4 is 15.8 Å². The van der Waals surface area contributed by atoms with Gasteiger partial charge in [-0.25, -0.2) is 9.78 Å². The Morgan fingerprint density at radius 2 is 1.79 bits per heavy atom. The number of pyridine rings is 2. The standard InChI is InChI=1S/C37H48N6O4/c1-9-10-26-19-24(4)40-35(45)31(26)22-39-34(44)29-20-30(28-13-14-43(23(2)3)33(28)25(29)5)27-11-12-32(38-21-27)41-15-17-42(18-16-41)36(46)47-37(6,7)8/h11-14,19-21,23H,9-10,15-18,22H2,1-8H3,(H,39,44)(H,40,45). The number of fused-ring (bicyclic) bond motifs is 1. The molecule has 0 atom stereocenters. The molecule has 250 valence electrons. The van der Waals surface area contributed by atoms with Crippen molar-refractivity contribution >= 4 is 28.7 Å². The maximum absolute atomic E-state index is 13.8. The largest absolute Gasteiger partial charge is 0.444 e. The minimum Gasteiger partial charge on any atom is -0.444 e. The van der Waals surface area contributed by atoms with Gasteiger partial charge in [0.15, 0.2) is 0 Å². The third-order valence-corrected chi connectivity index (χ3v) is 8.68. The highest BCUT2D eigenvalue weighted by molar-refractivity contribution is 6.06. The number of anilines is 1. The molecule has 10 nitrogen and oxygen atoms in total. The summed E-state index contributed by atoms with van der Waals surface area (Å²) in [5.74, 6) is 0.613. The van der Waals surface area contributed by atoms with E-state index in [-0.39, 0.29) is 30.1 Å². The van der Waals surface area contributed by atoms with Gasteiger partial charge in [-0.1, -0.05) is 13.3 Å². The molecule has 2 N–H and O–H groups in total. The summed E-state index contributed by atoms with van der Waals surface area (Å²) in [6, 6.07) is 10.3. The zero-order valence-electron chi connectivity index (χ0n) is 29.0. The summed E-state index contributed by atoms with van der Waals surface area (Å²) < 4.78 is 7.73. The quantitative estimate of drug-likeness (QED) is 0.227. The molecule has 4 aromatic rings. The lowest BCUT2D eigenvalue weighted by Crippen LogP contribution is -2.50. The first-order chi connectivity index (χ1) is 22.3. The van der Waals surface area contributed by atoms with Crippen molar-refractivity contribution < 1.29 is 14.3 Å². The summed E-state index contributed by atoms with van der Waals surface area (Å²) in [6.07, 6.45) is 5.32. The second kappa shape index (κ2) is 13.6. The number of aromatic nitrogens is 3. The number of aryl methyl sites for hydroxylation is 3. The Kier molecular flexibility index (Phi) is 9.79. The molecule has 10 heteroatoms. The van der Waals surface area contributed by atoms with Crippen molar-refractivity contribution in [3.8, 4) is 11.1 Å². The van der Waals surface area contributed by atoms with Crippen LogP contribution in [0.2, 0.25) is 0 Å². The number of amides is 2. The predicted molar refractivity (Wildman–Crippen MR) is 187 cm³/mol. The zero-order valence-corrected chi connectivity index (χ0v) is 29.0. The van der Waals surface area contributed by atoms with E-state index >= 15 is 0 Å². The zero-order chi connectivity index (χ0) is 34.0. The highest BCUT2D eigenvalue weighted by atomic mass is 16.6. The second-order valence-electron chi connectivity index (χ2n) is 13.8. The summed E-state index contributed by atoms with van der Waals surface area (Å²) >= 11 is 0. The van der Waals surface area contributed by atoms with Gasteiger partial charge in [-0.3, -0.25) is 9.59 Å². The van der Waals surface area contributed by atoms with E-state index in [0.29, 0.717) is 37.3 Å². The van der Waals surface area contributed by atoms with Crippen LogP contribution in [0.3, 0.4) is 0 Å². The van der Waals surface area contributed by atoms with Crippen LogP contribution in [0.1, 0.15) is 86.7 Å². The van der Waals surface area contributed by atoms with E-state index in [9.17, 15) is 14.4 Å². The van der Waals surface area contributed by atoms with Gasteiger partial charge in [-0.2, -0.15) is 0 Å². The average Bonchev–Trinajstić information content (AvgIpc) is 3.47. The first-order valence-corrected chi connectivity index (χ1v) is 16.6. The maximum Gasteiger partial charge on any atom is 0.410 e.